The van der Waals surface area contributed by atoms with Crippen molar-refractivity contribution in [2.24, 2.45) is 0 Å². The van der Waals surface area contributed by atoms with Crippen molar-refractivity contribution in [3.05, 3.63) is 49.1 Å². The van der Waals surface area contributed by atoms with Crippen molar-refractivity contribution < 1.29 is 23.1 Å². The highest BCUT2D eigenvalue weighted by Crippen LogP contribution is 2.32. The van der Waals surface area contributed by atoms with Crippen molar-refractivity contribution in [1.29, 1.82) is 0 Å². The molecule has 0 aromatic heterocycles. The number of nitrogens with zero attached hydrogens (tertiary/aromatic N) is 1. The lowest BCUT2D eigenvalue weighted by atomic mass is 10.1. The summed E-state index contributed by atoms with van der Waals surface area (Å²) < 4.78 is 31.8. The van der Waals surface area contributed by atoms with E-state index >= 15 is 0 Å². The molecule has 122 valence electrons. The topological polar surface area (TPSA) is 83.9 Å². The fourth-order valence-corrected chi connectivity index (χ4v) is 3.88. The maximum Gasteiger partial charge on any atom is 0.318 e. The van der Waals surface area contributed by atoms with Crippen LogP contribution in [0.1, 0.15) is 0 Å². The highest BCUT2D eigenvalue weighted by atomic mass is 32.2. The molecule has 0 aliphatic rings. The van der Waals surface area contributed by atoms with Gasteiger partial charge in [0.05, 0.1) is 12.0 Å². The molecule has 1 N–H and O–H groups in total. The van der Waals surface area contributed by atoms with E-state index in [1.165, 1.54) is 19.3 Å². The smallest absolute Gasteiger partial charge is 0.318 e. The zero-order chi connectivity index (χ0) is 17.0. The minimum absolute atomic E-state index is 0.0389. The molecule has 2 rings (SSSR count). The lowest BCUT2D eigenvalue weighted by Crippen LogP contribution is -2.35. The largest absolute Gasteiger partial charge is 0.496 e. The van der Waals surface area contributed by atoms with Gasteiger partial charge < -0.3 is 9.84 Å². The van der Waals surface area contributed by atoms with Crippen LogP contribution in [-0.2, 0) is 14.8 Å². The molecule has 6 nitrogen and oxygen atoms in total. The summed E-state index contributed by atoms with van der Waals surface area (Å²) in [4.78, 5) is 11.0. The molecule has 23 heavy (non-hydrogen) atoms. The zero-order valence-electron chi connectivity index (χ0n) is 12.6. The van der Waals surface area contributed by atoms with Crippen LogP contribution in [0.25, 0.3) is 10.8 Å². The molecule has 0 spiro atoms. The lowest BCUT2D eigenvalue weighted by molar-refractivity contribution is -0.137. The van der Waals surface area contributed by atoms with Gasteiger partial charge in [-0.15, -0.1) is 6.58 Å². The van der Waals surface area contributed by atoms with E-state index in [9.17, 15) is 13.2 Å². The van der Waals surface area contributed by atoms with Gasteiger partial charge in [-0.2, -0.15) is 4.31 Å². The quantitative estimate of drug-likeness (QED) is 0.784. The summed E-state index contributed by atoms with van der Waals surface area (Å²) in [6.45, 7) is 2.77. The number of hydrogen-bond donors (Lipinski definition) is 1. The number of sulfonamides is 1. The first-order valence-corrected chi connectivity index (χ1v) is 8.24. The van der Waals surface area contributed by atoms with Crippen LogP contribution in [0, 0.1) is 0 Å². The molecule has 0 unspecified atom stereocenters. The predicted molar refractivity (Wildman–Crippen MR) is 87.1 cm³/mol. The van der Waals surface area contributed by atoms with E-state index in [1.807, 2.05) is 0 Å². The van der Waals surface area contributed by atoms with E-state index in [0.29, 0.717) is 16.5 Å². The molecule has 0 saturated carbocycles. The van der Waals surface area contributed by atoms with Gasteiger partial charge in [0.2, 0.25) is 10.0 Å². The van der Waals surface area contributed by atoms with Crippen molar-refractivity contribution in [2.45, 2.75) is 4.90 Å². The predicted octanol–water partition coefficient (Wildman–Crippen LogP) is 2.11. The first kappa shape index (κ1) is 17.0. The second-order valence-electron chi connectivity index (χ2n) is 4.79. The number of carboxylic acid groups (broad SMARTS) is 1. The minimum atomic E-state index is -3.98. The van der Waals surface area contributed by atoms with Crippen molar-refractivity contribution >= 4 is 26.8 Å². The molecular formula is C16H17NO5S. The van der Waals surface area contributed by atoms with Crippen LogP contribution in [-0.4, -0.2) is 44.0 Å². The van der Waals surface area contributed by atoms with Crippen LogP contribution in [0.5, 0.6) is 5.75 Å². The van der Waals surface area contributed by atoms with Crippen molar-refractivity contribution in [3.8, 4) is 5.75 Å². The van der Waals surface area contributed by atoms with E-state index in [2.05, 4.69) is 6.58 Å². The summed E-state index contributed by atoms with van der Waals surface area (Å²) in [5.41, 5.74) is 0. The highest BCUT2D eigenvalue weighted by molar-refractivity contribution is 7.89. The van der Waals surface area contributed by atoms with Gasteiger partial charge in [0.25, 0.3) is 0 Å². The summed E-state index contributed by atoms with van der Waals surface area (Å²) in [7, 11) is -2.48. The van der Waals surface area contributed by atoms with Crippen LogP contribution in [0.4, 0.5) is 0 Å². The number of aliphatic carboxylic acids is 1. The Kier molecular flexibility index (Phi) is 5.02. The van der Waals surface area contributed by atoms with Crippen LogP contribution >= 0.6 is 0 Å². The van der Waals surface area contributed by atoms with Crippen LogP contribution in [0.15, 0.2) is 53.9 Å². The molecule has 7 heteroatoms. The van der Waals surface area contributed by atoms with E-state index in [1.54, 1.807) is 30.3 Å². The maximum atomic E-state index is 12.8. The highest BCUT2D eigenvalue weighted by Gasteiger charge is 2.27. The van der Waals surface area contributed by atoms with Gasteiger partial charge in [-0.25, -0.2) is 8.42 Å². The Balaban J connectivity index is 2.66. The minimum Gasteiger partial charge on any atom is -0.496 e. The van der Waals surface area contributed by atoms with Gasteiger partial charge in [0, 0.05) is 17.3 Å². The Labute approximate surface area is 134 Å². The van der Waals surface area contributed by atoms with Gasteiger partial charge >= 0.3 is 5.97 Å². The molecular weight excluding hydrogens is 318 g/mol. The maximum absolute atomic E-state index is 12.8. The van der Waals surface area contributed by atoms with Crippen molar-refractivity contribution in [1.82, 2.24) is 4.31 Å². The number of fused-ring (bicyclic) bond motifs is 1. The molecule has 2 aromatic rings. The fraction of sp³-hybridized carbons (Fsp3) is 0.188. The molecule has 0 aliphatic heterocycles. The summed E-state index contributed by atoms with van der Waals surface area (Å²) in [5, 5.41) is 10.1. The molecule has 2 aromatic carbocycles. The molecule has 0 saturated heterocycles. The summed E-state index contributed by atoms with van der Waals surface area (Å²) in [6, 6.07) is 9.90. The van der Waals surface area contributed by atoms with Crippen molar-refractivity contribution in [2.75, 3.05) is 20.2 Å². The second kappa shape index (κ2) is 6.80. The first-order valence-electron chi connectivity index (χ1n) is 6.80. The van der Waals surface area contributed by atoms with E-state index in [-0.39, 0.29) is 11.4 Å². The molecule has 0 bridgehead atoms. The second-order valence-corrected chi connectivity index (χ2v) is 6.70. The Morgan fingerprint density at radius 1 is 1.26 bits per heavy atom. The van der Waals surface area contributed by atoms with Gasteiger partial charge in [-0.3, -0.25) is 4.79 Å². The Morgan fingerprint density at radius 3 is 2.48 bits per heavy atom. The van der Waals surface area contributed by atoms with Crippen LogP contribution < -0.4 is 4.74 Å². The van der Waals surface area contributed by atoms with Crippen LogP contribution in [0.2, 0.25) is 0 Å². The van der Waals surface area contributed by atoms with E-state index < -0.39 is 22.5 Å². The summed E-state index contributed by atoms with van der Waals surface area (Å²) in [5.74, 6) is -0.679. The summed E-state index contributed by atoms with van der Waals surface area (Å²) >= 11 is 0. The molecule has 0 atom stereocenters. The van der Waals surface area contributed by atoms with Gasteiger partial charge in [-0.05, 0) is 12.1 Å². The third-order valence-electron chi connectivity index (χ3n) is 3.33. The standard InChI is InChI=1S/C16H17NO5S/c1-3-10-17(11-16(18)19)23(20,21)15-9-8-14(22-2)12-6-4-5-7-13(12)15/h3-9H,1,10-11H2,2H3,(H,18,19). The Bertz CT molecular complexity index is 845. The first-order chi connectivity index (χ1) is 10.9. The average molecular weight is 335 g/mol. The summed E-state index contributed by atoms with van der Waals surface area (Å²) in [6.07, 6.45) is 1.35. The molecule has 0 amide bonds. The van der Waals surface area contributed by atoms with Gasteiger partial charge in [0.1, 0.15) is 12.3 Å². The van der Waals surface area contributed by atoms with E-state index in [0.717, 1.165) is 4.31 Å². The Morgan fingerprint density at radius 2 is 1.91 bits per heavy atom. The molecule has 0 aliphatic carbocycles. The third kappa shape index (κ3) is 3.35. The normalized spacial score (nSPS) is 11.6. The zero-order valence-corrected chi connectivity index (χ0v) is 13.4. The molecule has 0 fully saturated rings. The van der Waals surface area contributed by atoms with Gasteiger partial charge in [-0.1, -0.05) is 30.3 Å². The fourth-order valence-electron chi connectivity index (χ4n) is 2.33. The van der Waals surface area contributed by atoms with Crippen LogP contribution in [0.3, 0.4) is 0 Å². The van der Waals surface area contributed by atoms with E-state index in [4.69, 9.17) is 9.84 Å². The number of methoxy groups -OCH3 is 1. The number of carboxylic acids is 1. The number of ether oxygens (including phenoxy) is 1. The lowest BCUT2D eigenvalue weighted by Gasteiger charge is -2.20. The molecule has 0 heterocycles. The number of benzene rings is 2. The average Bonchev–Trinajstić information content (AvgIpc) is 2.52. The number of carbonyl (C=O) groups is 1. The van der Waals surface area contributed by atoms with Crippen molar-refractivity contribution in [3.63, 3.8) is 0 Å². The monoisotopic (exact) mass is 335 g/mol. The number of rotatable bonds is 7. The Hall–Kier alpha value is -2.38. The SMILES string of the molecule is C=CCN(CC(=O)O)S(=O)(=O)c1ccc(OC)c2ccccc12. The third-order valence-corrected chi connectivity index (χ3v) is 5.20. The number of hydrogen-bond acceptors (Lipinski definition) is 4. The molecule has 0 radical (unpaired) electrons. The van der Waals surface area contributed by atoms with Gasteiger partial charge in [0.15, 0.2) is 0 Å².